The van der Waals surface area contributed by atoms with Gasteiger partial charge in [0.25, 0.3) is 0 Å². The number of hydrogen-bond donors (Lipinski definition) is 2. The first-order chi connectivity index (χ1) is 24.9. The molecule has 272 valence electrons. The van der Waals surface area contributed by atoms with Gasteiger partial charge in [-0.1, -0.05) is 59.7 Å². The number of carbonyl (C=O) groups excluding carboxylic acids is 4. The average Bonchev–Trinajstić information content (AvgIpc) is 3.83. The predicted octanol–water partition coefficient (Wildman–Crippen LogP) is 6.38. The van der Waals surface area contributed by atoms with Gasteiger partial charge in [0, 0.05) is 30.7 Å². The van der Waals surface area contributed by atoms with Crippen LogP contribution in [-0.4, -0.2) is 81.5 Å². The van der Waals surface area contributed by atoms with E-state index in [1.54, 1.807) is 58.2 Å². The number of rotatable bonds is 11. The minimum absolute atomic E-state index is 0.0641. The summed E-state index contributed by atoms with van der Waals surface area (Å²) in [4.78, 5) is 67.1. The topological polar surface area (TPSA) is 143 Å². The molecule has 4 amide bonds. The van der Waals surface area contributed by atoms with Gasteiger partial charge in [-0.3, -0.25) is 19.3 Å². The molecule has 2 aromatic heterocycles. The number of carbonyl (C=O) groups is 4. The molecule has 12 nitrogen and oxygen atoms in total. The molecule has 0 spiro atoms. The molecule has 0 unspecified atom stereocenters. The van der Waals surface area contributed by atoms with Crippen LogP contribution in [0.4, 0.5) is 9.80 Å². The second kappa shape index (κ2) is 16.8. The van der Waals surface area contributed by atoms with E-state index >= 15 is 0 Å². The molecule has 2 aromatic carbocycles. The Bertz CT molecular complexity index is 1900. The number of likely N-dealkylation sites (N-methyl/N-ethyl adjacent to an activating group) is 1. The first kappa shape index (κ1) is 38.0. The Morgan fingerprint density at radius 3 is 2.46 bits per heavy atom. The first-order valence-corrected chi connectivity index (χ1v) is 18.6. The van der Waals surface area contributed by atoms with Gasteiger partial charge < -0.3 is 25.0 Å². The lowest BCUT2D eigenvalue weighted by Crippen LogP contribution is -2.55. The van der Waals surface area contributed by atoms with Crippen LogP contribution in [-0.2, 0) is 19.1 Å². The highest BCUT2D eigenvalue weighted by molar-refractivity contribution is 7.23. The van der Waals surface area contributed by atoms with E-state index in [-0.39, 0.29) is 12.5 Å². The number of nitrogens with zero attached hydrogens (tertiary/aromatic N) is 4. The van der Waals surface area contributed by atoms with Crippen LogP contribution in [0.25, 0.3) is 21.3 Å². The van der Waals surface area contributed by atoms with Gasteiger partial charge >= 0.3 is 6.09 Å². The van der Waals surface area contributed by atoms with E-state index in [1.807, 2.05) is 35.7 Å². The fourth-order valence-electron chi connectivity index (χ4n) is 5.55. The molecule has 4 aromatic rings. The lowest BCUT2D eigenvalue weighted by atomic mass is 9.97. The number of thiazole rings is 2. The normalized spacial score (nSPS) is 15.5. The Morgan fingerprint density at radius 1 is 1.08 bits per heavy atom. The third kappa shape index (κ3) is 9.34. The van der Waals surface area contributed by atoms with Crippen molar-refractivity contribution in [2.24, 2.45) is 0 Å². The number of amides is 4. The molecule has 3 heterocycles. The minimum atomic E-state index is -1.18. The van der Waals surface area contributed by atoms with Crippen molar-refractivity contribution in [3.05, 3.63) is 71.7 Å². The zero-order chi connectivity index (χ0) is 37.4. The maximum atomic E-state index is 14.6. The van der Waals surface area contributed by atoms with Gasteiger partial charge in [-0.25, -0.2) is 14.8 Å². The van der Waals surface area contributed by atoms with Crippen LogP contribution in [0.3, 0.4) is 0 Å². The summed E-state index contributed by atoms with van der Waals surface area (Å²) in [6, 6.07) is 13.2. The largest absolute Gasteiger partial charge is 0.481 e. The molecular weight excluding hydrogens is 701 g/mol. The lowest BCUT2D eigenvalue weighted by Gasteiger charge is -2.37. The average molecular weight is 743 g/mol. The van der Waals surface area contributed by atoms with Crippen LogP contribution in [0.1, 0.15) is 58.6 Å². The van der Waals surface area contributed by atoms with Gasteiger partial charge in [-0.05, 0) is 64.7 Å². The highest BCUT2D eigenvalue weighted by Crippen LogP contribution is 2.39. The summed E-state index contributed by atoms with van der Waals surface area (Å²) in [6.45, 7) is 7.12. The molecule has 0 aliphatic carbocycles. The summed E-state index contributed by atoms with van der Waals surface area (Å²) in [5.41, 5.74) is 1.14. The quantitative estimate of drug-likeness (QED) is 0.169. The maximum absolute atomic E-state index is 14.6. The van der Waals surface area contributed by atoms with Crippen molar-refractivity contribution in [2.75, 3.05) is 25.5 Å². The number of terminal acetylenes is 1. The van der Waals surface area contributed by atoms with Crippen LogP contribution in [0.5, 0.6) is 5.75 Å². The molecule has 1 aliphatic heterocycles. The first-order valence-electron chi connectivity index (χ1n) is 16.9. The minimum Gasteiger partial charge on any atom is -0.481 e. The van der Waals surface area contributed by atoms with Crippen molar-refractivity contribution in [3.63, 3.8) is 0 Å². The molecular formula is C38H42N6O6S2. The molecule has 52 heavy (non-hydrogen) atoms. The van der Waals surface area contributed by atoms with Crippen LogP contribution in [0.15, 0.2) is 66.2 Å². The number of nitrogens with one attached hydrogen (secondary N) is 2. The lowest BCUT2D eigenvalue weighted by molar-refractivity contribution is -0.144. The van der Waals surface area contributed by atoms with Crippen molar-refractivity contribution in [2.45, 2.75) is 70.7 Å². The second-order valence-electron chi connectivity index (χ2n) is 13.2. The summed E-state index contributed by atoms with van der Waals surface area (Å²) in [7, 11) is 1.46. The zero-order valence-electron chi connectivity index (χ0n) is 29.8. The third-order valence-corrected chi connectivity index (χ3v) is 10.2. The number of piperidine rings is 1. The molecule has 0 bridgehead atoms. The molecule has 1 aliphatic rings. The molecule has 1 saturated heterocycles. The van der Waals surface area contributed by atoms with E-state index in [4.69, 9.17) is 20.9 Å². The van der Waals surface area contributed by atoms with Crippen molar-refractivity contribution < 1.29 is 28.7 Å². The number of likely N-dealkylation sites (tertiary alicyclic amines) is 1. The van der Waals surface area contributed by atoms with Crippen molar-refractivity contribution >= 4 is 51.5 Å². The smallest absolute Gasteiger partial charge is 0.410 e. The van der Waals surface area contributed by atoms with E-state index in [1.165, 1.54) is 39.5 Å². The van der Waals surface area contributed by atoms with Gasteiger partial charge in [0.1, 0.15) is 46.8 Å². The summed E-state index contributed by atoms with van der Waals surface area (Å²) in [6.07, 6.45) is 8.19. The summed E-state index contributed by atoms with van der Waals surface area (Å²) < 4.78 is 11.0. The molecule has 0 radical (unpaired) electrons. The Hall–Kier alpha value is -5.26. The fraction of sp³-hybridized carbons (Fsp3) is 0.368. The SMILES string of the molecule is C#CCOc1ccc([C@H](NC(=O)[C@H](C)N(C)C(=O)OC(C)(C)C)C(=O)N2CCCC[C@H]2C(=O)Nc2sc(-c3nccs3)nc2-c2ccccc2)cc1. The summed E-state index contributed by atoms with van der Waals surface area (Å²) in [5.74, 6) is 1.50. The molecule has 1 fully saturated rings. The van der Waals surface area contributed by atoms with Gasteiger partial charge in [-0.15, -0.1) is 17.8 Å². The Labute approximate surface area is 311 Å². The number of hydrogen-bond acceptors (Lipinski definition) is 10. The van der Waals surface area contributed by atoms with Crippen LogP contribution in [0, 0.1) is 12.3 Å². The van der Waals surface area contributed by atoms with Crippen molar-refractivity contribution in [1.82, 2.24) is 25.1 Å². The van der Waals surface area contributed by atoms with Crippen LogP contribution < -0.4 is 15.4 Å². The second-order valence-corrected chi connectivity index (χ2v) is 15.1. The monoisotopic (exact) mass is 742 g/mol. The van der Waals surface area contributed by atoms with Gasteiger partial charge in [0.15, 0.2) is 10.0 Å². The van der Waals surface area contributed by atoms with Crippen LogP contribution in [0.2, 0.25) is 0 Å². The van der Waals surface area contributed by atoms with Crippen LogP contribution >= 0.6 is 22.7 Å². The van der Waals surface area contributed by atoms with Gasteiger partial charge in [0.2, 0.25) is 17.7 Å². The van der Waals surface area contributed by atoms with E-state index in [2.05, 4.69) is 21.5 Å². The molecule has 3 atom stereocenters. The number of anilines is 1. The highest BCUT2D eigenvalue weighted by atomic mass is 32.1. The Balaban J connectivity index is 1.42. The zero-order valence-corrected chi connectivity index (χ0v) is 31.4. The Kier molecular flexibility index (Phi) is 12.3. The van der Waals surface area contributed by atoms with E-state index in [0.717, 1.165) is 17.0 Å². The standard InChI is InChI=1S/C38H42N6O6S2/c1-7-22-49-27-18-16-26(17-19-27)30(40-31(45)24(2)43(6)37(48)50-38(3,4)5)36(47)44-21-12-11-15-28(44)32(46)42-33-29(25-13-9-8-10-14-25)41-35(52-33)34-39-20-23-51-34/h1,8-10,13-14,16-20,23-24,28,30H,11-12,15,21-22H2,2-6H3,(H,40,45)(H,42,46)/t24-,28-,30-/m0/s1. The van der Waals surface area contributed by atoms with Gasteiger partial charge in [0.05, 0.1) is 0 Å². The van der Waals surface area contributed by atoms with E-state index in [9.17, 15) is 19.2 Å². The molecule has 0 saturated carbocycles. The highest BCUT2D eigenvalue weighted by Gasteiger charge is 2.38. The molecule has 2 N–H and O–H groups in total. The van der Waals surface area contributed by atoms with E-state index < -0.39 is 41.6 Å². The maximum Gasteiger partial charge on any atom is 0.410 e. The Morgan fingerprint density at radius 2 is 1.81 bits per heavy atom. The third-order valence-electron chi connectivity index (χ3n) is 8.33. The number of ether oxygens (including phenoxy) is 2. The predicted molar refractivity (Wildman–Crippen MR) is 202 cm³/mol. The molecule has 14 heteroatoms. The van der Waals surface area contributed by atoms with Gasteiger partial charge in [-0.2, -0.15) is 0 Å². The summed E-state index contributed by atoms with van der Waals surface area (Å²) >= 11 is 2.78. The fourth-order valence-corrected chi connectivity index (χ4v) is 7.22. The number of aromatic nitrogens is 2. The van der Waals surface area contributed by atoms with Crippen molar-refractivity contribution in [1.29, 1.82) is 0 Å². The molecule has 5 rings (SSSR count). The van der Waals surface area contributed by atoms with Crippen molar-refractivity contribution in [3.8, 4) is 39.4 Å². The number of benzene rings is 2. The van der Waals surface area contributed by atoms with E-state index in [0.29, 0.717) is 46.4 Å². The summed E-state index contributed by atoms with van der Waals surface area (Å²) in [5, 5.41) is 9.75.